The molecule has 2 nitrogen and oxygen atoms in total. The van der Waals surface area contributed by atoms with Gasteiger partial charge in [-0.05, 0) is 44.3 Å². The summed E-state index contributed by atoms with van der Waals surface area (Å²) in [5, 5.41) is 3.48. The molecule has 2 heteroatoms. The molecular formula is C12H22N2. The van der Waals surface area contributed by atoms with E-state index in [4.69, 9.17) is 5.73 Å². The SMILES string of the molecule is CCCCNC1=C/C(=C(\C)N)CCC1. The number of allylic oxidation sites excluding steroid dienone is 4. The number of unbranched alkanes of at least 4 members (excludes halogenated alkanes) is 1. The third-order valence-electron chi connectivity index (χ3n) is 2.63. The minimum absolute atomic E-state index is 0.972. The lowest BCUT2D eigenvalue weighted by atomic mass is 9.98. The monoisotopic (exact) mass is 194 g/mol. The lowest BCUT2D eigenvalue weighted by molar-refractivity contribution is 0.651. The minimum Gasteiger partial charge on any atom is -0.402 e. The minimum atomic E-state index is 0.972. The van der Waals surface area contributed by atoms with Crippen molar-refractivity contribution in [2.24, 2.45) is 5.73 Å². The second-order valence-electron chi connectivity index (χ2n) is 4.01. The number of nitrogens with two attached hydrogens (primary N) is 1. The molecule has 0 aromatic rings. The Hall–Kier alpha value is -0.920. The van der Waals surface area contributed by atoms with Crippen LogP contribution in [0.2, 0.25) is 0 Å². The zero-order chi connectivity index (χ0) is 10.4. The molecule has 0 aromatic carbocycles. The summed E-state index contributed by atoms with van der Waals surface area (Å²) in [5.74, 6) is 0. The standard InChI is InChI=1S/C12H22N2/c1-3-4-8-14-12-7-5-6-11(9-12)10(2)13/h9,14H,3-8,13H2,1-2H3/b11-10+. The van der Waals surface area contributed by atoms with Crippen LogP contribution in [0.4, 0.5) is 0 Å². The average molecular weight is 194 g/mol. The Bertz CT molecular complexity index is 235. The van der Waals surface area contributed by atoms with E-state index in [0.29, 0.717) is 0 Å². The maximum absolute atomic E-state index is 5.79. The predicted octanol–water partition coefficient (Wildman–Crippen LogP) is 2.68. The molecule has 0 radical (unpaired) electrons. The van der Waals surface area contributed by atoms with Gasteiger partial charge in [-0.15, -0.1) is 0 Å². The van der Waals surface area contributed by atoms with Crippen LogP contribution in [0.5, 0.6) is 0 Å². The van der Waals surface area contributed by atoms with Gasteiger partial charge >= 0.3 is 0 Å². The maximum Gasteiger partial charge on any atom is 0.0143 e. The smallest absolute Gasteiger partial charge is 0.0143 e. The first-order valence-electron chi connectivity index (χ1n) is 5.63. The van der Waals surface area contributed by atoms with Crippen LogP contribution in [0.1, 0.15) is 46.0 Å². The molecule has 0 atom stereocenters. The Labute approximate surface area is 87.3 Å². The van der Waals surface area contributed by atoms with Crippen molar-refractivity contribution in [2.75, 3.05) is 6.54 Å². The van der Waals surface area contributed by atoms with Crippen LogP contribution in [0, 0.1) is 0 Å². The third kappa shape index (κ3) is 3.44. The van der Waals surface area contributed by atoms with E-state index < -0.39 is 0 Å². The number of hydrogen-bond donors (Lipinski definition) is 2. The van der Waals surface area contributed by atoms with Crippen molar-refractivity contribution in [3.05, 3.63) is 23.0 Å². The molecule has 0 unspecified atom stereocenters. The third-order valence-corrected chi connectivity index (χ3v) is 2.63. The predicted molar refractivity (Wildman–Crippen MR) is 61.7 cm³/mol. The van der Waals surface area contributed by atoms with Crippen molar-refractivity contribution >= 4 is 0 Å². The second kappa shape index (κ2) is 5.74. The van der Waals surface area contributed by atoms with Gasteiger partial charge in [0.1, 0.15) is 0 Å². The van der Waals surface area contributed by atoms with Crippen LogP contribution < -0.4 is 11.1 Å². The Morgan fingerprint density at radius 2 is 2.29 bits per heavy atom. The van der Waals surface area contributed by atoms with Crippen LogP contribution in [-0.2, 0) is 0 Å². The quantitative estimate of drug-likeness (QED) is 0.675. The van der Waals surface area contributed by atoms with Gasteiger partial charge in [-0.3, -0.25) is 0 Å². The molecule has 0 spiro atoms. The first-order chi connectivity index (χ1) is 6.74. The van der Waals surface area contributed by atoms with E-state index in [-0.39, 0.29) is 0 Å². The fourth-order valence-corrected chi connectivity index (χ4v) is 1.70. The molecule has 0 heterocycles. The van der Waals surface area contributed by atoms with E-state index in [0.717, 1.165) is 18.7 Å². The number of hydrogen-bond acceptors (Lipinski definition) is 2. The number of rotatable bonds is 4. The van der Waals surface area contributed by atoms with Crippen LogP contribution in [0.3, 0.4) is 0 Å². The van der Waals surface area contributed by atoms with Crippen LogP contribution in [0.15, 0.2) is 23.0 Å². The first kappa shape index (κ1) is 11.2. The lowest BCUT2D eigenvalue weighted by Gasteiger charge is -2.17. The summed E-state index contributed by atoms with van der Waals surface area (Å²) in [7, 11) is 0. The molecule has 0 aromatic heterocycles. The van der Waals surface area contributed by atoms with Gasteiger partial charge in [-0.1, -0.05) is 13.3 Å². The Morgan fingerprint density at radius 1 is 1.50 bits per heavy atom. The molecule has 80 valence electrons. The van der Waals surface area contributed by atoms with Gasteiger partial charge < -0.3 is 11.1 Å². The molecule has 3 N–H and O–H groups in total. The molecule has 0 saturated heterocycles. The van der Waals surface area contributed by atoms with Gasteiger partial charge in [0.05, 0.1) is 0 Å². The van der Waals surface area contributed by atoms with Gasteiger partial charge in [0.2, 0.25) is 0 Å². The molecule has 1 aliphatic carbocycles. The Kier molecular flexibility index (Phi) is 4.57. The highest BCUT2D eigenvalue weighted by Gasteiger charge is 2.07. The van der Waals surface area contributed by atoms with Crippen LogP contribution >= 0.6 is 0 Å². The zero-order valence-electron chi connectivity index (χ0n) is 9.40. The van der Waals surface area contributed by atoms with Gasteiger partial charge in [-0.2, -0.15) is 0 Å². The van der Waals surface area contributed by atoms with Crippen molar-refractivity contribution in [1.82, 2.24) is 5.32 Å². The normalized spacial score (nSPS) is 20.3. The summed E-state index contributed by atoms with van der Waals surface area (Å²) in [4.78, 5) is 0. The van der Waals surface area contributed by atoms with E-state index in [1.165, 1.54) is 37.0 Å². The lowest BCUT2D eigenvalue weighted by Crippen LogP contribution is -2.17. The molecular weight excluding hydrogens is 172 g/mol. The largest absolute Gasteiger partial charge is 0.402 e. The molecule has 0 saturated carbocycles. The maximum atomic E-state index is 5.79. The fourth-order valence-electron chi connectivity index (χ4n) is 1.70. The van der Waals surface area contributed by atoms with Crippen molar-refractivity contribution in [1.29, 1.82) is 0 Å². The first-order valence-corrected chi connectivity index (χ1v) is 5.63. The zero-order valence-corrected chi connectivity index (χ0v) is 9.40. The molecule has 1 aliphatic rings. The second-order valence-corrected chi connectivity index (χ2v) is 4.01. The summed E-state index contributed by atoms with van der Waals surface area (Å²) in [6.45, 7) is 5.30. The van der Waals surface area contributed by atoms with E-state index in [1.807, 2.05) is 6.92 Å². The fraction of sp³-hybridized carbons (Fsp3) is 0.667. The molecule has 0 amide bonds. The van der Waals surface area contributed by atoms with Gasteiger partial charge in [0, 0.05) is 17.9 Å². The Balaban J connectivity index is 2.48. The van der Waals surface area contributed by atoms with Crippen LogP contribution in [0.25, 0.3) is 0 Å². The van der Waals surface area contributed by atoms with Crippen molar-refractivity contribution < 1.29 is 0 Å². The van der Waals surface area contributed by atoms with E-state index in [9.17, 15) is 0 Å². The van der Waals surface area contributed by atoms with Crippen molar-refractivity contribution in [3.8, 4) is 0 Å². The van der Waals surface area contributed by atoms with E-state index >= 15 is 0 Å². The summed E-state index contributed by atoms with van der Waals surface area (Å²) in [5.41, 5.74) is 9.44. The highest BCUT2D eigenvalue weighted by atomic mass is 14.9. The van der Waals surface area contributed by atoms with E-state index in [1.54, 1.807) is 0 Å². The molecule has 0 fully saturated rings. The van der Waals surface area contributed by atoms with Crippen LogP contribution in [-0.4, -0.2) is 6.54 Å². The van der Waals surface area contributed by atoms with Gasteiger partial charge in [0.25, 0.3) is 0 Å². The van der Waals surface area contributed by atoms with Crippen molar-refractivity contribution in [3.63, 3.8) is 0 Å². The summed E-state index contributed by atoms with van der Waals surface area (Å²) in [6, 6.07) is 0. The van der Waals surface area contributed by atoms with E-state index in [2.05, 4.69) is 18.3 Å². The highest BCUT2D eigenvalue weighted by Crippen LogP contribution is 2.21. The summed E-state index contributed by atoms with van der Waals surface area (Å²) in [6.07, 6.45) is 8.28. The molecule has 1 rings (SSSR count). The van der Waals surface area contributed by atoms with Gasteiger partial charge in [0.15, 0.2) is 0 Å². The summed E-state index contributed by atoms with van der Waals surface area (Å²) < 4.78 is 0. The topological polar surface area (TPSA) is 38.0 Å². The molecule has 14 heavy (non-hydrogen) atoms. The molecule has 0 aliphatic heterocycles. The Morgan fingerprint density at radius 3 is 2.93 bits per heavy atom. The summed E-state index contributed by atoms with van der Waals surface area (Å²) >= 11 is 0. The number of nitrogens with one attached hydrogen (secondary N) is 1. The van der Waals surface area contributed by atoms with Gasteiger partial charge in [-0.25, -0.2) is 0 Å². The molecule has 0 bridgehead atoms. The van der Waals surface area contributed by atoms with Crippen molar-refractivity contribution in [2.45, 2.75) is 46.0 Å². The highest BCUT2D eigenvalue weighted by molar-refractivity contribution is 5.29. The average Bonchev–Trinajstić information content (AvgIpc) is 2.19.